The summed E-state index contributed by atoms with van der Waals surface area (Å²) in [4.78, 5) is 49.3. The number of imide groups is 2. The SMILES string of the molecule is CCOc1cc(COc2ccc(/C=C3/C(=O)NC(=O)N(c4cccc([N+](=O)[O-])c4)C3=O)cc2)ccc1OCc1ccccc1. The Balaban J connectivity index is 1.25. The fraction of sp³-hybridized carbons (Fsp3) is 0.121. The van der Waals surface area contributed by atoms with Gasteiger partial charge in [-0.3, -0.25) is 25.0 Å². The number of hydrogen-bond donors (Lipinski definition) is 1. The number of nitrogens with one attached hydrogen (secondary N) is 1. The highest BCUT2D eigenvalue weighted by molar-refractivity contribution is 6.39. The van der Waals surface area contributed by atoms with E-state index < -0.39 is 22.8 Å². The monoisotopic (exact) mass is 593 g/mol. The molecule has 0 atom stereocenters. The summed E-state index contributed by atoms with van der Waals surface area (Å²) < 4.78 is 17.7. The fourth-order valence-corrected chi connectivity index (χ4v) is 4.40. The Morgan fingerprint density at radius 3 is 2.27 bits per heavy atom. The number of nitrogens with zero attached hydrogens (tertiary/aromatic N) is 2. The number of benzene rings is 4. The van der Waals surface area contributed by atoms with Crippen molar-refractivity contribution in [3.05, 3.63) is 129 Å². The van der Waals surface area contributed by atoms with Crippen molar-refractivity contribution >= 4 is 35.3 Å². The van der Waals surface area contributed by atoms with Gasteiger partial charge in [0.25, 0.3) is 17.5 Å². The van der Waals surface area contributed by atoms with Gasteiger partial charge in [-0.05, 0) is 60.0 Å². The van der Waals surface area contributed by atoms with Gasteiger partial charge in [-0.25, -0.2) is 9.69 Å². The van der Waals surface area contributed by atoms with Crippen LogP contribution in [0.15, 0.2) is 103 Å². The molecule has 0 aliphatic carbocycles. The first-order valence-electron chi connectivity index (χ1n) is 13.6. The lowest BCUT2D eigenvalue weighted by Gasteiger charge is -2.26. The van der Waals surface area contributed by atoms with E-state index in [1.807, 2.05) is 55.5 Å². The van der Waals surface area contributed by atoms with E-state index in [9.17, 15) is 24.5 Å². The Labute approximate surface area is 252 Å². The van der Waals surface area contributed by atoms with Gasteiger partial charge in [-0.15, -0.1) is 0 Å². The molecule has 0 spiro atoms. The van der Waals surface area contributed by atoms with E-state index in [0.717, 1.165) is 17.2 Å². The molecule has 1 N–H and O–H groups in total. The molecule has 1 aliphatic heterocycles. The number of amides is 4. The lowest BCUT2D eigenvalue weighted by Crippen LogP contribution is -2.54. The third-order valence-corrected chi connectivity index (χ3v) is 6.54. The standard InChI is InChI=1S/C33H27N3O8/c1-2-42-30-18-24(13-16-29(30)44-20-23-7-4-3-5-8-23)21-43-27-14-11-22(12-15-27)17-28-31(37)34-33(39)35(32(28)38)25-9-6-10-26(19-25)36(40)41/h3-19H,2,20-21H2,1H3,(H,34,37,39)/b28-17-. The normalized spacial score (nSPS) is 13.9. The second-order valence-electron chi connectivity index (χ2n) is 9.58. The van der Waals surface area contributed by atoms with Crippen LogP contribution in [0.2, 0.25) is 0 Å². The first kappa shape index (κ1) is 29.5. The number of urea groups is 1. The highest BCUT2D eigenvalue weighted by Crippen LogP contribution is 2.30. The van der Waals surface area contributed by atoms with Gasteiger partial charge in [0.2, 0.25) is 0 Å². The predicted molar refractivity (Wildman–Crippen MR) is 161 cm³/mol. The van der Waals surface area contributed by atoms with E-state index in [1.165, 1.54) is 24.3 Å². The Kier molecular flexibility index (Phi) is 8.95. The van der Waals surface area contributed by atoms with Crippen molar-refractivity contribution in [3.63, 3.8) is 0 Å². The molecule has 11 heteroatoms. The summed E-state index contributed by atoms with van der Waals surface area (Å²) in [5.41, 5.74) is 1.77. The van der Waals surface area contributed by atoms with Gasteiger partial charge in [0.15, 0.2) is 11.5 Å². The van der Waals surface area contributed by atoms with Crippen LogP contribution in [0.1, 0.15) is 23.6 Å². The summed E-state index contributed by atoms with van der Waals surface area (Å²) >= 11 is 0. The molecule has 1 saturated heterocycles. The fourth-order valence-electron chi connectivity index (χ4n) is 4.40. The smallest absolute Gasteiger partial charge is 0.335 e. The number of anilines is 1. The topological polar surface area (TPSA) is 137 Å². The molecule has 4 amide bonds. The second kappa shape index (κ2) is 13.3. The first-order chi connectivity index (χ1) is 21.3. The average Bonchev–Trinajstić information content (AvgIpc) is 3.03. The van der Waals surface area contributed by atoms with Gasteiger partial charge in [0, 0.05) is 12.1 Å². The molecule has 4 aromatic carbocycles. The molecule has 5 rings (SSSR count). The highest BCUT2D eigenvalue weighted by Gasteiger charge is 2.37. The molecule has 44 heavy (non-hydrogen) atoms. The van der Waals surface area contributed by atoms with E-state index >= 15 is 0 Å². The third-order valence-electron chi connectivity index (χ3n) is 6.54. The summed E-state index contributed by atoms with van der Waals surface area (Å²) in [6.45, 7) is 3.03. The van der Waals surface area contributed by atoms with Gasteiger partial charge in [-0.1, -0.05) is 54.6 Å². The molecule has 0 aromatic heterocycles. The minimum Gasteiger partial charge on any atom is -0.490 e. The summed E-state index contributed by atoms with van der Waals surface area (Å²) in [5, 5.41) is 13.3. The third kappa shape index (κ3) is 6.90. The van der Waals surface area contributed by atoms with Gasteiger partial charge >= 0.3 is 6.03 Å². The summed E-state index contributed by atoms with van der Waals surface area (Å²) in [6.07, 6.45) is 1.33. The summed E-state index contributed by atoms with van der Waals surface area (Å²) in [7, 11) is 0. The number of nitro benzene ring substituents is 1. The van der Waals surface area contributed by atoms with E-state index in [4.69, 9.17) is 14.2 Å². The maximum atomic E-state index is 13.1. The van der Waals surface area contributed by atoms with Crippen LogP contribution < -0.4 is 24.4 Å². The van der Waals surface area contributed by atoms with Crippen LogP contribution in [0.5, 0.6) is 17.2 Å². The van der Waals surface area contributed by atoms with E-state index in [0.29, 0.717) is 40.9 Å². The Hall–Kier alpha value is -5.97. The quantitative estimate of drug-likeness (QED) is 0.0994. The van der Waals surface area contributed by atoms with Crippen molar-refractivity contribution in [1.29, 1.82) is 0 Å². The minimum atomic E-state index is -0.996. The minimum absolute atomic E-state index is 0.0351. The molecule has 1 aliphatic rings. The molecule has 1 heterocycles. The zero-order valence-corrected chi connectivity index (χ0v) is 23.6. The number of non-ortho nitro benzene ring substituents is 1. The van der Waals surface area contributed by atoms with Crippen LogP contribution in [0.3, 0.4) is 0 Å². The van der Waals surface area contributed by atoms with Crippen LogP contribution >= 0.6 is 0 Å². The maximum absolute atomic E-state index is 13.1. The lowest BCUT2D eigenvalue weighted by molar-refractivity contribution is -0.384. The first-order valence-corrected chi connectivity index (χ1v) is 13.6. The number of carbonyl (C=O) groups is 3. The molecule has 0 saturated carbocycles. The average molecular weight is 594 g/mol. The van der Waals surface area contributed by atoms with Crippen molar-refractivity contribution < 1.29 is 33.5 Å². The van der Waals surface area contributed by atoms with Crippen molar-refractivity contribution in [2.45, 2.75) is 20.1 Å². The van der Waals surface area contributed by atoms with Crippen molar-refractivity contribution in [1.82, 2.24) is 5.32 Å². The zero-order chi connectivity index (χ0) is 31.1. The predicted octanol–water partition coefficient (Wildman–Crippen LogP) is 5.82. The molecule has 0 unspecified atom stereocenters. The zero-order valence-electron chi connectivity index (χ0n) is 23.6. The molecule has 0 bridgehead atoms. The van der Waals surface area contributed by atoms with Crippen LogP contribution in [-0.2, 0) is 22.8 Å². The molecular weight excluding hydrogens is 566 g/mol. The molecule has 11 nitrogen and oxygen atoms in total. The lowest BCUT2D eigenvalue weighted by atomic mass is 10.1. The number of hydrogen-bond acceptors (Lipinski definition) is 8. The van der Waals surface area contributed by atoms with Gasteiger partial charge in [-0.2, -0.15) is 0 Å². The van der Waals surface area contributed by atoms with Crippen LogP contribution in [-0.4, -0.2) is 29.4 Å². The Morgan fingerprint density at radius 2 is 1.55 bits per heavy atom. The van der Waals surface area contributed by atoms with Crippen molar-refractivity contribution in [2.24, 2.45) is 0 Å². The van der Waals surface area contributed by atoms with Crippen LogP contribution in [0.25, 0.3) is 6.08 Å². The number of rotatable bonds is 11. The van der Waals surface area contributed by atoms with Crippen molar-refractivity contribution in [2.75, 3.05) is 11.5 Å². The largest absolute Gasteiger partial charge is 0.490 e. The molecular formula is C33H27N3O8. The van der Waals surface area contributed by atoms with Crippen LogP contribution in [0, 0.1) is 10.1 Å². The number of barbiturate groups is 1. The highest BCUT2D eigenvalue weighted by atomic mass is 16.6. The van der Waals surface area contributed by atoms with Gasteiger partial charge in [0.05, 0.1) is 17.2 Å². The Bertz CT molecular complexity index is 1740. The van der Waals surface area contributed by atoms with Crippen LogP contribution in [0.4, 0.5) is 16.2 Å². The van der Waals surface area contributed by atoms with Gasteiger partial charge < -0.3 is 14.2 Å². The number of nitro groups is 1. The molecule has 0 radical (unpaired) electrons. The van der Waals surface area contributed by atoms with E-state index in [1.54, 1.807) is 24.3 Å². The van der Waals surface area contributed by atoms with Crippen molar-refractivity contribution in [3.8, 4) is 17.2 Å². The van der Waals surface area contributed by atoms with E-state index in [2.05, 4.69) is 5.32 Å². The van der Waals surface area contributed by atoms with E-state index in [-0.39, 0.29) is 23.6 Å². The number of carbonyl (C=O) groups excluding carboxylic acids is 3. The second-order valence-corrected chi connectivity index (χ2v) is 9.58. The summed E-state index contributed by atoms with van der Waals surface area (Å²) in [6, 6.07) is 26.1. The Morgan fingerprint density at radius 1 is 0.795 bits per heavy atom. The molecule has 1 fully saturated rings. The summed E-state index contributed by atoms with van der Waals surface area (Å²) in [5.74, 6) is 0.00923. The number of ether oxygens (including phenoxy) is 3. The maximum Gasteiger partial charge on any atom is 0.335 e. The van der Waals surface area contributed by atoms with Gasteiger partial charge in [0.1, 0.15) is 24.5 Å². The molecule has 222 valence electrons. The molecule has 4 aromatic rings.